The molecule has 1 aromatic carbocycles. The van der Waals surface area contributed by atoms with Crippen molar-refractivity contribution in [3.05, 3.63) is 54.0 Å². The number of nitrogens with zero attached hydrogens (tertiary/aromatic N) is 2. The zero-order valence-electron chi connectivity index (χ0n) is 14.9. The topological polar surface area (TPSA) is 63.7 Å². The van der Waals surface area contributed by atoms with Gasteiger partial charge in [-0.05, 0) is 42.8 Å². The zero-order valence-corrected chi connectivity index (χ0v) is 14.9. The monoisotopic (exact) mass is 359 g/mol. The van der Waals surface area contributed by atoms with Crippen molar-refractivity contribution in [3.8, 4) is 5.75 Å². The number of anilines is 1. The number of rotatable bonds is 6. The van der Waals surface area contributed by atoms with Crippen molar-refractivity contribution >= 4 is 11.7 Å². The highest BCUT2D eigenvalue weighted by atomic mass is 19.1. The highest BCUT2D eigenvalue weighted by Crippen LogP contribution is 2.28. The lowest BCUT2D eigenvalue weighted by Crippen LogP contribution is -2.42. The van der Waals surface area contributed by atoms with Gasteiger partial charge >= 0.3 is 0 Å². The summed E-state index contributed by atoms with van der Waals surface area (Å²) in [4.78, 5) is 18.6. The van der Waals surface area contributed by atoms with Gasteiger partial charge < -0.3 is 19.7 Å². The molecular formula is C19H22FN3O3. The summed E-state index contributed by atoms with van der Waals surface area (Å²) in [6, 6.07) is 9.28. The molecule has 3 rings (SSSR count). The maximum absolute atomic E-state index is 13.0. The van der Waals surface area contributed by atoms with Crippen LogP contribution >= 0.6 is 0 Å². The minimum absolute atomic E-state index is 0.0652. The number of halogens is 1. The molecule has 0 saturated carbocycles. The van der Waals surface area contributed by atoms with E-state index < -0.39 is 5.60 Å². The van der Waals surface area contributed by atoms with Crippen LogP contribution in [0.3, 0.4) is 0 Å². The molecule has 0 radical (unpaired) electrons. The van der Waals surface area contributed by atoms with Crippen LogP contribution < -0.4 is 10.1 Å². The minimum atomic E-state index is -0.580. The van der Waals surface area contributed by atoms with Crippen LogP contribution in [-0.4, -0.2) is 55.2 Å². The lowest BCUT2D eigenvalue weighted by atomic mass is 10.0. The Hall–Kier alpha value is -2.67. The Morgan fingerprint density at radius 1 is 1.35 bits per heavy atom. The summed E-state index contributed by atoms with van der Waals surface area (Å²) in [5.41, 5.74) is -0.00109. The number of carbonyl (C=O) groups excluding carboxylic acids is 1. The first-order valence-electron chi connectivity index (χ1n) is 8.42. The van der Waals surface area contributed by atoms with Gasteiger partial charge in [0.25, 0.3) is 5.91 Å². The van der Waals surface area contributed by atoms with Gasteiger partial charge in [0, 0.05) is 32.5 Å². The standard InChI is InChI=1S/C19H22FN3O3/c1-21-17-11-14(7-9-22-17)18(24)23-10-8-19(12-23,25-2)13-26-16-5-3-15(20)4-6-16/h3-7,9,11H,8,10,12-13H2,1-2H3,(H,21,22)/t19-/m1/s1. The first kappa shape index (κ1) is 18.1. The number of carbonyl (C=O) groups is 1. The number of ether oxygens (including phenoxy) is 2. The number of benzene rings is 1. The maximum atomic E-state index is 13.0. The second-order valence-corrected chi connectivity index (χ2v) is 6.29. The van der Waals surface area contributed by atoms with Gasteiger partial charge in [0.15, 0.2) is 0 Å². The fourth-order valence-corrected chi connectivity index (χ4v) is 2.99. The molecular weight excluding hydrogens is 337 g/mol. The van der Waals surface area contributed by atoms with Crippen molar-refractivity contribution < 1.29 is 18.7 Å². The fourth-order valence-electron chi connectivity index (χ4n) is 2.99. The van der Waals surface area contributed by atoms with Gasteiger partial charge in [0.1, 0.15) is 29.6 Å². The Morgan fingerprint density at radius 2 is 2.12 bits per heavy atom. The van der Waals surface area contributed by atoms with Gasteiger partial charge in [0.05, 0.1) is 6.54 Å². The lowest BCUT2D eigenvalue weighted by molar-refractivity contribution is -0.0342. The lowest BCUT2D eigenvalue weighted by Gasteiger charge is -2.28. The van der Waals surface area contributed by atoms with E-state index in [1.807, 2.05) is 0 Å². The van der Waals surface area contributed by atoms with Crippen LogP contribution in [0.2, 0.25) is 0 Å². The number of nitrogens with one attached hydrogen (secondary N) is 1. The Bertz CT molecular complexity index is 769. The van der Waals surface area contributed by atoms with E-state index in [0.29, 0.717) is 36.6 Å². The van der Waals surface area contributed by atoms with Gasteiger partial charge in [-0.1, -0.05) is 0 Å². The van der Waals surface area contributed by atoms with E-state index in [2.05, 4.69) is 10.3 Å². The first-order valence-corrected chi connectivity index (χ1v) is 8.42. The van der Waals surface area contributed by atoms with E-state index in [-0.39, 0.29) is 18.3 Å². The van der Waals surface area contributed by atoms with Gasteiger partial charge in [-0.25, -0.2) is 9.37 Å². The fraction of sp³-hybridized carbons (Fsp3) is 0.368. The van der Waals surface area contributed by atoms with E-state index in [0.717, 1.165) is 0 Å². The molecule has 0 unspecified atom stereocenters. The van der Waals surface area contributed by atoms with Crippen molar-refractivity contribution in [3.63, 3.8) is 0 Å². The Balaban J connectivity index is 1.65. The van der Waals surface area contributed by atoms with Gasteiger partial charge in [0.2, 0.25) is 0 Å². The molecule has 1 aliphatic rings. The molecule has 1 atom stereocenters. The van der Waals surface area contributed by atoms with Crippen LogP contribution in [-0.2, 0) is 4.74 Å². The normalized spacial score (nSPS) is 19.4. The van der Waals surface area contributed by atoms with Crippen molar-refractivity contribution in [2.45, 2.75) is 12.0 Å². The molecule has 0 aliphatic carbocycles. The summed E-state index contributed by atoms with van der Waals surface area (Å²) in [6.07, 6.45) is 2.27. The van der Waals surface area contributed by atoms with Gasteiger partial charge in [-0.3, -0.25) is 4.79 Å². The van der Waals surface area contributed by atoms with Crippen LogP contribution in [0.1, 0.15) is 16.8 Å². The summed E-state index contributed by atoms with van der Waals surface area (Å²) in [6.45, 7) is 1.30. The van der Waals surface area contributed by atoms with Crippen molar-refractivity contribution in [1.29, 1.82) is 0 Å². The van der Waals surface area contributed by atoms with Crippen LogP contribution in [0.15, 0.2) is 42.6 Å². The largest absolute Gasteiger partial charge is 0.491 e. The van der Waals surface area contributed by atoms with E-state index in [4.69, 9.17) is 9.47 Å². The van der Waals surface area contributed by atoms with Crippen molar-refractivity contribution in [2.24, 2.45) is 0 Å². The Morgan fingerprint density at radius 3 is 2.81 bits per heavy atom. The summed E-state index contributed by atoms with van der Waals surface area (Å²) in [5, 5.41) is 2.93. The molecule has 2 aromatic rings. The van der Waals surface area contributed by atoms with Gasteiger partial charge in [-0.2, -0.15) is 0 Å². The number of hydrogen-bond acceptors (Lipinski definition) is 5. The molecule has 0 spiro atoms. The molecule has 6 nitrogen and oxygen atoms in total. The summed E-state index contributed by atoms with van der Waals surface area (Å²) in [7, 11) is 3.38. The number of likely N-dealkylation sites (tertiary alicyclic amines) is 1. The smallest absolute Gasteiger partial charge is 0.254 e. The quantitative estimate of drug-likeness (QED) is 0.859. The van der Waals surface area contributed by atoms with Crippen LogP contribution in [0.5, 0.6) is 5.75 Å². The van der Waals surface area contributed by atoms with E-state index in [1.54, 1.807) is 49.5 Å². The van der Waals surface area contributed by atoms with Crippen LogP contribution in [0.25, 0.3) is 0 Å². The average Bonchev–Trinajstić information content (AvgIpc) is 3.12. The molecule has 7 heteroatoms. The highest BCUT2D eigenvalue weighted by molar-refractivity contribution is 5.95. The molecule has 0 bridgehead atoms. The first-order chi connectivity index (χ1) is 12.5. The molecule has 138 valence electrons. The Kier molecular flexibility index (Phi) is 5.37. The average molecular weight is 359 g/mol. The van der Waals surface area contributed by atoms with E-state index in [1.165, 1.54) is 12.1 Å². The molecule has 1 fully saturated rings. The third-order valence-electron chi connectivity index (χ3n) is 4.62. The summed E-state index contributed by atoms with van der Waals surface area (Å²) in [5.74, 6) is 0.840. The number of methoxy groups -OCH3 is 1. The van der Waals surface area contributed by atoms with Crippen molar-refractivity contribution in [1.82, 2.24) is 9.88 Å². The molecule has 1 aliphatic heterocycles. The predicted octanol–water partition coefficient (Wildman–Crippen LogP) is 2.57. The van der Waals surface area contributed by atoms with Gasteiger partial charge in [-0.15, -0.1) is 0 Å². The molecule has 26 heavy (non-hydrogen) atoms. The van der Waals surface area contributed by atoms with E-state index >= 15 is 0 Å². The highest BCUT2D eigenvalue weighted by Gasteiger charge is 2.41. The second kappa shape index (κ2) is 7.70. The van der Waals surface area contributed by atoms with Crippen LogP contribution in [0.4, 0.5) is 10.2 Å². The molecule has 1 amide bonds. The summed E-state index contributed by atoms with van der Waals surface area (Å²) < 4.78 is 24.4. The van der Waals surface area contributed by atoms with Crippen molar-refractivity contribution in [2.75, 3.05) is 39.2 Å². The molecule has 1 aromatic heterocycles. The number of pyridine rings is 1. The van der Waals surface area contributed by atoms with Crippen LogP contribution in [0, 0.1) is 5.82 Å². The summed E-state index contributed by atoms with van der Waals surface area (Å²) >= 11 is 0. The SMILES string of the molecule is CNc1cc(C(=O)N2CC[C@@](COc3ccc(F)cc3)(OC)C2)ccn1. The maximum Gasteiger partial charge on any atom is 0.254 e. The third-order valence-corrected chi connectivity index (χ3v) is 4.62. The third kappa shape index (κ3) is 3.94. The Labute approximate surface area is 151 Å². The number of hydrogen-bond donors (Lipinski definition) is 1. The molecule has 1 saturated heterocycles. The van der Waals surface area contributed by atoms with E-state index in [9.17, 15) is 9.18 Å². The molecule has 1 N–H and O–H groups in total. The molecule has 2 heterocycles. The number of aromatic nitrogens is 1. The number of amides is 1. The zero-order chi connectivity index (χ0) is 18.6. The second-order valence-electron chi connectivity index (χ2n) is 6.29. The minimum Gasteiger partial charge on any atom is -0.491 e. The predicted molar refractivity (Wildman–Crippen MR) is 95.9 cm³/mol.